The molecule has 2 unspecified atom stereocenters. The van der Waals surface area contributed by atoms with Gasteiger partial charge in [0.1, 0.15) is 0 Å². The van der Waals surface area contributed by atoms with Crippen molar-refractivity contribution in [1.82, 2.24) is 9.21 Å². The first-order valence-electron chi connectivity index (χ1n) is 6.68. The molecule has 1 heterocycles. The van der Waals surface area contributed by atoms with E-state index in [1.165, 1.54) is 6.26 Å². The molecule has 1 aliphatic heterocycles. The van der Waals surface area contributed by atoms with E-state index in [1.807, 2.05) is 14.0 Å². The Balaban J connectivity index is 2.50. The van der Waals surface area contributed by atoms with Crippen LogP contribution in [0.1, 0.15) is 26.2 Å². The van der Waals surface area contributed by atoms with E-state index in [0.29, 0.717) is 25.4 Å². The lowest BCUT2D eigenvalue weighted by atomic mass is 9.98. The number of hydrogen-bond acceptors (Lipinski definition) is 4. The van der Waals surface area contributed by atoms with Crippen LogP contribution in [0.3, 0.4) is 0 Å². The number of amidine groups is 1. The molecule has 0 spiro atoms. The van der Waals surface area contributed by atoms with Crippen LogP contribution in [-0.2, 0) is 10.0 Å². The molecule has 1 saturated heterocycles. The molecular formula is C12H26N4O2S. The van der Waals surface area contributed by atoms with Gasteiger partial charge in [-0.1, -0.05) is 0 Å². The van der Waals surface area contributed by atoms with Gasteiger partial charge in [-0.15, -0.1) is 0 Å². The summed E-state index contributed by atoms with van der Waals surface area (Å²) in [5.41, 5.74) is 5.41. The van der Waals surface area contributed by atoms with Crippen molar-refractivity contribution < 1.29 is 8.42 Å². The van der Waals surface area contributed by atoms with Gasteiger partial charge in [0.2, 0.25) is 10.0 Å². The maximum atomic E-state index is 11.6. The normalized spacial score (nSPS) is 23.5. The van der Waals surface area contributed by atoms with Crippen LogP contribution in [0, 0.1) is 11.3 Å². The third-order valence-corrected chi connectivity index (χ3v) is 5.03. The summed E-state index contributed by atoms with van der Waals surface area (Å²) in [4.78, 5) is 2.16. The highest BCUT2D eigenvalue weighted by Crippen LogP contribution is 2.20. The fourth-order valence-corrected chi connectivity index (χ4v) is 3.48. The fraction of sp³-hybridized carbons (Fsp3) is 0.917. The van der Waals surface area contributed by atoms with E-state index in [1.54, 1.807) is 4.31 Å². The average Bonchev–Trinajstić information content (AvgIpc) is 2.27. The van der Waals surface area contributed by atoms with Gasteiger partial charge in [0.25, 0.3) is 0 Å². The van der Waals surface area contributed by atoms with E-state index in [-0.39, 0.29) is 11.9 Å². The molecule has 0 saturated carbocycles. The number of hydrogen-bond donors (Lipinski definition) is 2. The molecule has 112 valence electrons. The van der Waals surface area contributed by atoms with Crippen molar-refractivity contribution in [2.24, 2.45) is 11.7 Å². The molecule has 6 nitrogen and oxygen atoms in total. The molecule has 0 aliphatic carbocycles. The van der Waals surface area contributed by atoms with E-state index in [4.69, 9.17) is 11.1 Å². The van der Waals surface area contributed by atoms with E-state index in [2.05, 4.69) is 4.90 Å². The topological polar surface area (TPSA) is 90.5 Å². The van der Waals surface area contributed by atoms with Crippen LogP contribution in [0.25, 0.3) is 0 Å². The highest BCUT2D eigenvalue weighted by Gasteiger charge is 2.27. The van der Waals surface area contributed by atoms with Gasteiger partial charge in [0.05, 0.1) is 12.1 Å². The van der Waals surface area contributed by atoms with Crippen molar-refractivity contribution >= 4 is 15.9 Å². The highest BCUT2D eigenvalue weighted by atomic mass is 32.2. The zero-order valence-corrected chi connectivity index (χ0v) is 12.9. The van der Waals surface area contributed by atoms with E-state index < -0.39 is 10.0 Å². The largest absolute Gasteiger partial charge is 0.388 e. The third kappa shape index (κ3) is 5.46. The summed E-state index contributed by atoms with van der Waals surface area (Å²) in [7, 11) is -1.07. The summed E-state index contributed by atoms with van der Waals surface area (Å²) in [6.45, 7) is 4.14. The molecule has 0 radical (unpaired) electrons. The maximum Gasteiger partial charge on any atom is 0.211 e. The van der Waals surface area contributed by atoms with Crippen LogP contribution < -0.4 is 5.73 Å². The van der Waals surface area contributed by atoms with Crippen molar-refractivity contribution in [3.63, 3.8) is 0 Å². The van der Waals surface area contributed by atoms with E-state index >= 15 is 0 Å². The van der Waals surface area contributed by atoms with E-state index in [0.717, 1.165) is 19.4 Å². The molecule has 0 aromatic carbocycles. The Morgan fingerprint density at radius 2 is 2.21 bits per heavy atom. The molecule has 0 aromatic rings. The minimum atomic E-state index is -3.07. The van der Waals surface area contributed by atoms with Crippen molar-refractivity contribution in [2.45, 2.75) is 32.2 Å². The molecule has 0 bridgehead atoms. The number of nitrogens with zero attached hydrogens (tertiary/aromatic N) is 2. The Labute approximate surface area is 116 Å². The van der Waals surface area contributed by atoms with Gasteiger partial charge in [-0.05, 0) is 32.7 Å². The van der Waals surface area contributed by atoms with Crippen LogP contribution in [0.4, 0.5) is 0 Å². The first-order valence-corrected chi connectivity index (χ1v) is 8.53. The van der Waals surface area contributed by atoms with Gasteiger partial charge in [-0.3, -0.25) is 5.41 Å². The van der Waals surface area contributed by atoms with Gasteiger partial charge in [-0.2, -0.15) is 0 Å². The van der Waals surface area contributed by atoms with Crippen molar-refractivity contribution in [3.8, 4) is 0 Å². The van der Waals surface area contributed by atoms with Crippen molar-refractivity contribution in [3.05, 3.63) is 0 Å². The summed E-state index contributed by atoms with van der Waals surface area (Å²) < 4.78 is 24.7. The van der Waals surface area contributed by atoms with Crippen LogP contribution >= 0.6 is 0 Å². The highest BCUT2D eigenvalue weighted by molar-refractivity contribution is 7.88. The van der Waals surface area contributed by atoms with Gasteiger partial charge >= 0.3 is 0 Å². The lowest BCUT2D eigenvalue weighted by Gasteiger charge is -2.35. The number of piperidine rings is 1. The second-order valence-corrected chi connectivity index (χ2v) is 7.63. The zero-order chi connectivity index (χ0) is 14.6. The second kappa shape index (κ2) is 6.67. The van der Waals surface area contributed by atoms with Crippen LogP contribution in [0.5, 0.6) is 0 Å². The Kier molecular flexibility index (Phi) is 5.76. The third-order valence-electron chi connectivity index (χ3n) is 3.76. The van der Waals surface area contributed by atoms with Gasteiger partial charge in [0, 0.05) is 32.1 Å². The molecule has 1 fully saturated rings. The fourth-order valence-electron chi connectivity index (χ4n) is 2.54. The average molecular weight is 290 g/mol. The Morgan fingerprint density at radius 1 is 1.58 bits per heavy atom. The minimum Gasteiger partial charge on any atom is -0.388 e. The standard InChI is InChI=1S/C12H26N4O2S/c1-10(7-12(13)14)15(2)8-11-5-4-6-16(9-11)19(3,17)18/h10-11H,4-9H2,1-3H3,(H3,13,14). The summed E-state index contributed by atoms with van der Waals surface area (Å²) in [6, 6.07) is 0.214. The first-order chi connectivity index (χ1) is 8.70. The predicted octanol–water partition coefficient (Wildman–Crippen LogP) is 0.304. The number of sulfonamides is 1. The van der Waals surface area contributed by atoms with Gasteiger partial charge in [-0.25, -0.2) is 12.7 Å². The number of nitrogens with two attached hydrogens (primary N) is 1. The molecule has 2 atom stereocenters. The number of rotatable bonds is 6. The molecule has 1 rings (SSSR count). The van der Waals surface area contributed by atoms with Crippen LogP contribution in [-0.4, -0.2) is 62.4 Å². The van der Waals surface area contributed by atoms with Crippen LogP contribution in [0.15, 0.2) is 0 Å². The molecular weight excluding hydrogens is 264 g/mol. The number of nitrogens with one attached hydrogen (secondary N) is 1. The summed E-state index contributed by atoms with van der Waals surface area (Å²) in [5, 5.41) is 7.32. The first kappa shape index (κ1) is 16.4. The monoisotopic (exact) mass is 290 g/mol. The quantitative estimate of drug-likeness (QED) is 0.544. The molecule has 0 aromatic heterocycles. The summed E-state index contributed by atoms with van der Waals surface area (Å²) in [6.07, 6.45) is 3.81. The zero-order valence-electron chi connectivity index (χ0n) is 12.1. The molecule has 0 amide bonds. The predicted molar refractivity (Wildman–Crippen MR) is 77.8 cm³/mol. The molecule has 1 aliphatic rings. The summed E-state index contributed by atoms with van der Waals surface area (Å²) >= 11 is 0. The molecule has 19 heavy (non-hydrogen) atoms. The Bertz CT molecular complexity index is 410. The Morgan fingerprint density at radius 3 is 2.74 bits per heavy atom. The Hall–Kier alpha value is -0.660. The van der Waals surface area contributed by atoms with Gasteiger partial charge < -0.3 is 10.6 Å². The van der Waals surface area contributed by atoms with Crippen molar-refractivity contribution in [2.75, 3.05) is 32.9 Å². The maximum absolute atomic E-state index is 11.6. The van der Waals surface area contributed by atoms with E-state index in [9.17, 15) is 8.42 Å². The smallest absolute Gasteiger partial charge is 0.211 e. The van der Waals surface area contributed by atoms with Crippen LogP contribution in [0.2, 0.25) is 0 Å². The molecule has 3 N–H and O–H groups in total. The molecule has 7 heteroatoms. The SMILES string of the molecule is CC(CC(=N)N)N(C)CC1CCCN(S(C)(=O)=O)C1. The summed E-state index contributed by atoms with van der Waals surface area (Å²) in [5.74, 6) is 0.559. The van der Waals surface area contributed by atoms with Crippen molar-refractivity contribution in [1.29, 1.82) is 5.41 Å². The minimum absolute atomic E-state index is 0.195. The lowest BCUT2D eigenvalue weighted by Crippen LogP contribution is -2.44. The van der Waals surface area contributed by atoms with Gasteiger partial charge in [0.15, 0.2) is 0 Å². The lowest BCUT2D eigenvalue weighted by molar-refractivity contribution is 0.173. The second-order valence-electron chi connectivity index (χ2n) is 5.65.